The first-order valence-electron chi connectivity index (χ1n) is 14.9. The highest BCUT2D eigenvalue weighted by atomic mass is 16.5. The first-order valence-corrected chi connectivity index (χ1v) is 14.9. The maximum Gasteiger partial charge on any atom is 0.258 e. The summed E-state index contributed by atoms with van der Waals surface area (Å²) < 4.78 is 19.9. The van der Waals surface area contributed by atoms with E-state index in [4.69, 9.17) is 14.2 Å². The molecule has 0 unspecified atom stereocenters. The number of aryl methyl sites for hydroxylation is 2. The molecule has 2 atom stereocenters. The summed E-state index contributed by atoms with van der Waals surface area (Å²) in [6, 6.07) is 11.9. The van der Waals surface area contributed by atoms with Gasteiger partial charge in [-0.15, -0.1) is 0 Å². The number of benzene rings is 2. The van der Waals surface area contributed by atoms with Crippen molar-refractivity contribution in [3.05, 3.63) is 71.0 Å². The van der Waals surface area contributed by atoms with Crippen LogP contribution in [0.3, 0.4) is 0 Å². The summed E-state index contributed by atoms with van der Waals surface area (Å²) in [6.45, 7) is 5.87. The van der Waals surface area contributed by atoms with Crippen molar-refractivity contribution < 1.29 is 28.6 Å². The van der Waals surface area contributed by atoms with Crippen molar-refractivity contribution >= 4 is 17.7 Å². The third kappa shape index (κ3) is 6.93. The van der Waals surface area contributed by atoms with Gasteiger partial charge in [-0.1, -0.05) is 19.1 Å². The Morgan fingerprint density at radius 3 is 2.67 bits per heavy atom. The van der Waals surface area contributed by atoms with Crippen LogP contribution in [0.25, 0.3) is 0 Å². The van der Waals surface area contributed by atoms with Crippen molar-refractivity contribution in [2.75, 3.05) is 26.3 Å². The minimum Gasteiger partial charge on any atom is -0.493 e. The Morgan fingerprint density at radius 1 is 1.09 bits per heavy atom. The molecule has 1 saturated carbocycles. The standard InChI is InChI=1S/C32H37N5O6/c1-3-10-37-15-27(20(2)35-37)32(40)36-16-28-29(17-36)43-24-8-6-21(7-9-24)14-33-30(38)19-42-26-12-23(31(39)34-28)11-25(13-26)41-18-22-4-5-22/h6-9,11-13,15,22,28-29H,3-5,10,14,16-19H2,1-2H3,(H,33,38)(H,34,39)/t28-,29-/m0/s1. The van der Waals surface area contributed by atoms with Crippen molar-refractivity contribution in [3.8, 4) is 17.2 Å². The van der Waals surface area contributed by atoms with E-state index < -0.39 is 12.1 Å². The number of hydrogen-bond acceptors (Lipinski definition) is 7. The first kappa shape index (κ1) is 28.6. The molecule has 226 valence electrons. The number of nitrogens with one attached hydrogen (secondary N) is 2. The predicted octanol–water partition coefficient (Wildman–Crippen LogP) is 3.10. The molecule has 0 radical (unpaired) electrons. The van der Waals surface area contributed by atoms with Crippen LogP contribution in [-0.4, -0.2) is 70.9 Å². The van der Waals surface area contributed by atoms with E-state index >= 15 is 0 Å². The number of carbonyl (C=O) groups is 3. The highest BCUT2D eigenvalue weighted by Gasteiger charge is 2.39. The van der Waals surface area contributed by atoms with Crippen LogP contribution >= 0.6 is 0 Å². The van der Waals surface area contributed by atoms with Gasteiger partial charge in [0.25, 0.3) is 17.7 Å². The zero-order valence-corrected chi connectivity index (χ0v) is 24.5. The quantitative estimate of drug-likeness (QED) is 0.454. The number of aromatic nitrogens is 2. The molecule has 4 heterocycles. The average molecular weight is 588 g/mol. The van der Waals surface area contributed by atoms with Crippen LogP contribution in [0.1, 0.15) is 58.2 Å². The van der Waals surface area contributed by atoms with Crippen LogP contribution in [0.4, 0.5) is 0 Å². The van der Waals surface area contributed by atoms with Crippen molar-refractivity contribution in [2.45, 2.75) is 58.3 Å². The molecule has 4 aliphatic rings. The fraction of sp³-hybridized carbons (Fsp3) is 0.438. The van der Waals surface area contributed by atoms with E-state index in [1.807, 2.05) is 31.2 Å². The lowest BCUT2D eigenvalue weighted by Crippen LogP contribution is -2.45. The maximum atomic E-state index is 13.7. The van der Waals surface area contributed by atoms with Gasteiger partial charge in [-0.2, -0.15) is 5.10 Å². The second-order valence-corrected chi connectivity index (χ2v) is 11.5. The van der Waals surface area contributed by atoms with E-state index in [9.17, 15) is 14.4 Å². The van der Waals surface area contributed by atoms with Crippen LogP contribution in [0, 0.1) is 12.8 Å². The zero-order valence-electron chi connectivity index (χ0n) is 24.5. The Kier molecular flexibility index (Phi) is 8.22. The highest BCUT2D eigenvalue weighted by molar-refractivity contribution is 5.97. The number of nitrogens with zero attached hydrogens (tertiary/aromatic N) is 3. The molecule has 7 rings (SSSR count). The summed E-state index contributed by atoms with van der Waals surface area (Å²) in [4.78, 5) is 41.5. The topological polar surface area (TPSA) is 124 Å². The van der Waals surface area contributed by atoms with Crippen molar-refractivity contribution in [3.63, 3.8) is 0 Å². The van der Waals surface area contributed by atoms with Gasteiger partial charge in [-0.25, -0.2) is 0 Å². The van der Waals surface area contributed by atoms with Gasteiger partial charge >= 0.3 is 0 Å². The Labute approximate surface area is 250 Å². The van der Waals surface area contributed by atoms with Gasteiger partial charge in [-0.05, 0) is 61.9 Å². The molecule has 3 aliphatic heterocycles. The number of amides is 3. The Morgan fingerprint density at radius 2 is 1.91 bits per heavy atom. The second kappa shape index (κ2) is 12.4. The molecule has 2 aromatic carbocycles. The molecule has 2 fully saturated rings. The fourth-order valence-corrected chi connectivity index (χ4v) is 5.32. The molecule has 3 aromatic rings. The summed E-state index contributed by atoms with van der Waals surface area (Å²) in [7, 11) is 0. The van der Waals surface area contributed by atoms with E-state index in [1.54, 1.807) is 34.0 Å². The van der Waals surface area contributed by atoms with E-state index in [2.05, 4.69) is 22.7 Å². The van der Waals surface area contributed by atoms with Crippen LogP contribution in [0.15, 0.2) is 48.7 Å². The van der Waals surface area contributed by atoms with Crippen molar-refractivity contribution in [2.24, 2.45) is 5.92 Å². The molecule has 4 bridgehead atoms. The Bertz CT molecular complexity index is 1500. The number of carbonyl (C=O) groups excluding carboxylic acids is 3. The number of likely N-dealkylation sites (tertiary alicyclic amines) is 1. The van der Waals surface area contributed by atoms with Crippen molar-refractivity contribution in [1.82, 2.24) is 25.3 Å². The minimum atomic E-state index is -0.495. The van der Waals surface area contributed by atoms with Crippen LogP contribution in [0.2, 0.25) is 0 Å². The summed E-state index contributed by atoms with van der Waals surface area (Å²) in [5.41, 5.74) is 2.44. The highest BCUT2D eigenvalue weighted by Crippen LogP contribution is 2.31. The normalized spacial score (nSPS) is 20.4. The van der Waals surface area contributed by atoms with Crippen molar-refractivity contribution in [1.29, 1.82) is 0 Å². The van der Waals surface area contributed by atoms with E-state index in [0.717, 1.165) is 31.4 Å². The number of fused-ring (bicyclic) bond motifs is 7. The largest absolute Gasteiger partial charge is 0.493 e. The lowest BCUT2D eigenvalue weighted by Gasteiger charge is -2.21. The third-order valence-corrected chi connectivity index (χ3v) is 7.89. The lowest BCUT2D eigenvalue weighted by molar-refractivity contribution is -0.123. The van der Waals surface area contributed by atoms with Gasteiger partial charge in [0.2, 0.25) is 0 Å². The van der Waals surface area contributed by atoms with Crippen LogP contribution in [-0.2, 0) is 17.9 Å². The monoisotopic (exact) mass is 587 g/mol. The van der Waals surface area contributed by atoms with Gasteiger partial charge in [0.05, 0.1) is 30.5 Å². The predicted molar refractivity (Wildman–Crippen MR) is 157 cm³/mol. The van der Waals surface area contributed by atoms with E-state index in [0.29, 0.717) is 59.7 Å². The lowest BCUT2D eigenvalue weighted by atomic mass is 10.1. The maximum absolute atomic E-state index is 13.7. The molecule has 1 saturated heterocycles. The molecular weight excluding hydrogens is 550 g/mol. The molecule has 11 nitrogen and oxygen atoms in total. The number of ether oxygens (including phenoxy) is 3. The molecule has 1 aliphatic carbocycles. The smallest absolute Gasteiger partial charge is 0.258 e. The van der Waals surface area contributed by atoms with Gasteiger partial charge in [-0.3, -0.25) is 19.1 Å². The van der Waals surface area contributed by atoms with Gasteiger partial charge in [0, 0.05) is 37.5 Å². The van der Waals surface area contributed by atoms with E-state index in [-0.39, 0.29) is 30.9 Å². The minimum absolute atomic E-state index is 0.149. The van der Waals surface area contributed by atoms with Crippen LogP contribution in [0.5, 0.6) is 17.2 Å². The van der Waals surface area contributed by atoms with Gasteiger partial charge < -0.3 is 29.7 Å². The zero-order chi connectivity index (χ0) is 29.9. The molecular formula is C32H37N5O6. The molecule has 1 aromatic heterocycles. The number of hydrogen-bond donors (Lipinski definition) is 2. The molecule has 3 amide bonds. The third-order valence-electron chi connectivity index (χ3n) is 7.89. The number of rotatable bonds is 6. The van der Waals surface area contributed by atoms with Gasteiger partial charge in [0.1, 0.15) is 23.4 Å². The molecule has 2 N–H and O–H groups in total. The molecule has 43 heavy (non-hydrogen) atoms. The first-order chi connectivity index (χ1) is 20.8. The van der Waals surface area contributed by atoms with E-state index in [1.165, 1.54) is 0 Å². The summed E-state index contributed by atoms with van der Waals surface area (Å²) in [6.07, 6.45) is 4.46. The van der Waals surface area contributed by atoms with Gasteiger partial charge in [0.15, 0.2) is 6.61 Å². The fourth-order valence-electron chi connectivity index (χ4n) is 5.32. The Hall–Kier alpha value is -4.54. The summed E-state index contributed by atoms with van der Waals surface area (Å²) in [5.74, 6) is 1.20. The Balaban J connectivity index is 1.28. The molecule has 11 heteroatoms. The summed E-state index contributed by atoms with van der Waals surface area (Å²) >= 11 is 0. The van der Waals surface area contributed by atoms with Crippen LogP contribution < -0.4 is 24.8 Å². The average Bonchev–Trinajstić information content (AvgIpc) is 3.65. The molecule has 0 spiro atoms. The SMILES string of the molecule is CCCn1cc(C(=O)N2C[C@@H]3NC(=O)c4cc(cc(OCC5CC5)c4)OCC(=O)NCc4ccc(cc4)O[C@H]3C2)c(C)n1. The summed E-state index contributed by atoms with van der Waals surface area (Å²) in [5, 5.41) is 10.4. The second-order valence-electron chi connectivity index (χ2n) is 11.5.